The minimum atomic E-state index is -0.650. The van der Waals surface area contributed by atoms with Gasteiger partial charge in [0.05, 0.1) is 18.3 Å². The molecule has 3 heterocycles. The number of fused-ring (bicyclic) bond motifs is 1. The number of likely N-dealkylation sites (tertiary alicyclic amines) is 1. The minimum absolute atomic E-state index is 0.0408. The Kier molecular flexibility index (Phi) is 10.4. The Labute approximate surface area is 267 Å². The van der Waals surface area contributed by atoms with E-state index in [9.17, 15) is 9.59 Å². The molecule has 3 aromatic rings. The molecule has 44 heavy (non-hydrogen) atoms. The van der Waals surface area contributed by atoms with Crippen molar-refractivity contribution in [1.29, 1.82) is 0 Å². The summed E-state index contributed by atoms with van der Waals surface area (Å²) in [5.41, 5.74) is 2.74. The van der Waals surface area contributed by atoms with Crippen LogP contribution in [-0.2, 0) is 20.1 Å². The van der Waals surface area contributed by atoms with E-state index in [0.717, 1.165) is 43.5 Å². The molecule has 1 N–H and O–H groups in total. The third-order valence-corrected chi connectivity index (χ3v) is 8.61. The number of hydrogen-bond acceptors (Lipinski definition) is 9. The second-order valence-electron chi connectivity index (χ2n) is 10.9. The lowest BCUT2D eigenvalue weighted by molar-refractivity contribution is -0.143. The Morgan fingerprint density at radius 3 is 2.59 bits per heavy atom. The highest BCUT2D eigenvalue weighted by Gasteiger charge is 2.36. The predicted molar refractivity (Wildman–Crippen MR) is 170 cm³/mol. The van der Waals surface area contributed by atoms with E-state index in [4.69, 9.17) is 35.9 Å². The smallest absolute Gasteiger partial charge is 0.338 e. The third-order valence-electron chi connectivity index (χ3n) is 7.35. The molecule has 12 heteroatoms. The van der Waals surface area contributed by atoms with Crippen molar-refractivity contribution >= 4 is 41.2 Å². The summed E-state index contributed by atoms with van der Waals surface area (Å²) in [6.45, 7) is 9.17. The predicted octanol–water partition coefficient (Wildman–Crippen LogP) is 6.25. The summed E-state index contributed by atoms with van der Waals surface area (Å²) in [4.78, 5) is 32.8. The second kappa shape index (κ2) is 14.4. The van der Waals surface area contributed by atoms with Gasteiger partial charge in [0.1, 0.15) is 6.04 Å². The molecule has 5 rings (SSSR count). The van der Waals surface area contributed by atoms with Gasteiger partial charge in [-0.1, -0.05) is 47.6 Å². The van der Waals surface area contributed by atoms with Gasteiger partial charge >= 0.3 is 5.97 Å². The molecule has 0 spiro atoms. The number of anilines is 1. The number of amides is 1. The first-order chi connectivity index (χ1) is 21.2. The van der Waals surface area contributed by atoms with Gasteiger partial charge in [-0.05, 0) is 76.3 Å². The number of halogens is 1. The maximum Gasteiger partial charge on any atom is 0.338 e. The van der Waals surface area contributed by atoms with Crippen molar-refractivity contribution in [2.24, 2.45) is 0 Å². The molecule has 1 aromatic heterocycles. The van der Waals surface area contributed by atoms with Gasteiger partial charge in [0, 0.05) is 29.6 Å². The third kappa shape index (κ3) is 7.32. The van der Waals surface area contributed by atoms with Gasteiger partial charge < -0.3 is 24.4 Å². The maximum atomic E-state index is 13.5. The van der Waals surface area contributed by atoms with Crippen LogP contribution in [0.5, 0.6) is 11.5 Å². The maximum absolute atomic E-state index is 13.5. The standard InChI is InChI=1S/C32H38ClN5O5S/c1-5-41-26-17-22(13-14-25(26)42-18-27(39)37-15-9-6-10-16-37)29-28(30(40)43-20(2)3)21(4)34-31-35-32(36-38(29)31)44-19-23-11-7-8-12-24(23)33/h7-8,11-14,17,20,29H,5-6,9-10,15-16,18-19H2,1-4H3,(H,34,35,36). The molecule has 2 aliphatic rings. The lowest BCUT2D eigenvalue weighted by Crippen LogP contribution is -2.38. The first-order valence-corrected chi connectivity index (χ1v) is 16.3. The van der Waals surface area contributed by atoms with Crippen molar-refractivity contribution in [3.63, 3.8) is 0 Å². The molecule has 0 bridgehead atoms. The highest BCUT2D eigenvalue weighted by molar-refractivity contribution is 7.98. The minimum Gasteiger partial charge on any atom is -0.490 e. The summed E-state index contributed by atoms with van der Waals surface area (Å²) >= 11 is 7.82. The van der Waals surface area contributed by atoms with Crippen molar-refractivity contribution in [2.75, 3.05) is 31.6 Å². The van der Waals surface area contributed by atoms with Crippen LogP contribution in [0.4, 0.5) is 5.95 Å². The number of esters is 1. The molecule has 2 aromatic carbocycles. The number of thioether (sulfide) groups is 1. The van der Waals surface area contributed by atoms with Crippen molar-refractivity contribution in [3.05, 3.63) is 69.9 Å². The molecule has 234 valence electrons. The van der Waals surface area contributed by atoms with Crippen LogP contribution in [0.3, 0.4) is 0 Å². The molecule has 10 nitrogen and oxygen atoms in total. The average Bonchev–Trinajstić information content (AvgIpc) is 3.41. The number of carbonyl (C=O) groups is 2. The van der Waals surface area contributed by atoms with Gasteiger partial charge in [0.25, 0.3) is 5.91 Å². The van der Waals surface area contributed by atoms with Gasteiger partial charge in [-0.2, -0.15) is 4.98 Å². The molecule has 1 unspecified atom stereocenters. The van der Waals surface area contributed by atoms with E-state index in [1.54, 1.807) is 10.7 Å². The first-order valence-electron chi connectivity index (χ1n) is 14.9. The van der Waals surface area contributed by atoms with Crippen molar-refractivity contribution in [3.8, 4) is 11.5 Å². The number of allylic oxidation sites excluding steroid dienone is 1. The molecular formula is C32H38ClN5O5S. The largest absolute Gasteiger partial charge is 0.490 e. The zero-order chi connectivity index (χ0) is 31.2. The van der Waals surface area contributed by atoms with Gasteiger partial charge in [-0.25, -0.2) is 9.48 Å². The topological polar surface area (TPSA) is 108 Å². The van der Waals surface area contributed by atoms with Crippen LogP contribution in [0, 0.1) is 0 Å². The lowest BCUT2D eigenvalue weighted by Gasteiger charge is -2.29. The van der Waals surface area contributed by atoms with Crippen LogP contribution in [0.2, 0.25) is 5.02 Å². The van der Waals surface area contributed by atoms with Crippen molar-refractivity contribution in [1.82, 2.24) is 19.7 Å². The Morgan fingerprint density at radius 2 is 1.86 bits per heavy atom. The SMILES string of the molecule is CCOc1cc(C2C(C(=O)OC(C)C)=C(C)Nc3nc(SCc4ccccc4Cl)nn32)ccc1OCC(=O)N1CCCCC1. The summed E-state index contributed by atoms with van der Waals surface area (Å²) in [5, 5.41) is 9.26. The number of benzene rings is 2. The molecule has 1 saturated heterocycles. The quantitative estimate of drug-likeness (QED) is 0.192. The number of rotatable bonds is 11. The summed E-state index contributed by atoms with van der Waals surface area (Å²) in [5.74, 6) is 1.52. The fraction of sp³-hybridized carbons (Fsp3) is 0.438. The monoisotopic (exact) mass is 639 g/mol. The van der Waals surface area contributed by atoms with Gasteiger partial charge in [0.2, 0.25) is 11.1 Å². The normalized spacial score (nSPS) is 16.4. The molecular weight excluding hydrogens is 602 g/mol. The molecule has 0 aliphatic carbocycles. The number of nitrogens with zero attached hydrogens (tertiary/aromatic N) is 4. The number of nitrogens with one attached hydrogen (secondary N) is 1. The molecule has 0 radical (unpaired) electrons. The van der Waals surface area contributed by atoms with Crippen LogP contribution in [-0.4, -0.2) is 63.9 Å². The molecule has 1 amide bonds. The Balaban J connectivity index is 1.46. The summed E-state index contributed by atoms with van der Waals surface area (Å²) < 4.78 is 19.3. The lowest BCUT2D eigenvalue weighted by atomic mass is 9.95. The van der Waals surface area contributed by atoms with Crippen molar-refractivity contribution < 1.29 is 23.8 Å². The molecule has 0 saturated carbocycles. The van der Waals surface area contributed by atoms with E-state index in [1.165, 1.54) is 11.8 Å². The van der Waals surface area contributed by atoms with Crippen molar-refractivity contribution in [2.45, 2.75) is 70.0 Å². The molecule has 1 atom stereocenters. The summed E-state index contributed by atoms with van der Waals surface area (Å²) in [6, 6.07) is 12.5. The van der Waals surface area contributed by atoms with Crippen LogP contribution in [0.25, 0.3) is 0 Å². The number of piperidine rings is 1. The van der Waals surface area contributed by atoms with Crippen LogP contribution < -0.4 is 14.8 Å². The Hall–Kier alpha value is -3.70. The molecule has 1 fully saturated rings. The molecule has 2 aliphatic heterocycles. The van der Waals surface area contributed by atoms with E-state index in [0.29, 0.717) is 51.3 Å². The highest BCUT2D eigenvalue weighted by atomic mass is 35.5. The highest BCUT2D eigenvalue weighted by Crippen LogP contribution is 2.40. The summed E-state index contributed by atoms with van der Waals surface area (Å²) in [7, 11) is 0. The van der Waals surface area contributed by atoms with Gasteiger partial charge in [0.15, 0.2) is 18.1 Å². The zero-order valence-electron chi connectivity index (χ0n) is 25.5. The van der Waals surface area contributed by atoms with E-state index >= 15 is 0 Å². The van der Waals surface area contributed by atoms with E-state index in [2.05, 4.69) is 5.32 Å². The first kappa shape index (κ1) is 31.7. The van der Waals surface area contributed by atoms with Gasteiger partial charge in [-0.15, -0.1) is 5.10 Å². The second-order valence-corrected chi connectivity index (χ2v) is 12.3. The fourth-order valence-electron chi connectivity index (χ4n) is 5.26. The number of ether oxygens (including phenoxy) is 3. The Morgan fingerprint density at radius 1 is 1.09 bits per heavy atom. The van der Waals surface area contributed by atoms with Crippen LogP contribution in [0.15, 0.2) is 58.9 Å². The summed E-state index contributed by atoms with van der Waals surface area (Å²) in [6.07, 6.45) is 2.86. The Bertz CT molecular complexity index is 1530. The van der Waals surface area contributed by atoms with Gasteiger partial charge in [-0.3, -0.25) is 4.79 Å². The van der Waals surface area contributed by atoms with Crippen LogP contribution in [0.1, 0.15) is 64.1 Å². The number of carbonyl (C=O) groups excluding carboxylic acids is 2. The van der Waals surface area contributed by atoms with E-state index in [-0.39, 0.29) is 18.6 Å². The number of aromatic nitrogens is 3. The zero-order valence-corrected chi connectivity index (χ0v) is 27.0. The fourth-order valence-corrected chi connectivity index (χ4v) is 6.37. The average molecular weight is 640 g/mol. The van der Waals surface area contributed by atoms with E-state index < -0.39 is 12.0 Å². The number of hydrogen-bond donors (Lipinski definition) is 1. The van der Waals surface area contributed by atoms with Crippen LogP contribution >= 0.6 is 23.4 Å². The van der Waals surface area contributed by atoms with E-state index in [1.807, 2.05) is 69.0 Å².